The fourth-order valence-corrected chi connectivity index (χ4v) is 3.04. The highest BCUT2D eigenvalue weighted by Crippen LogP contribution is 2.17. The normalized spacial score (nSPS) is 14.0. The lowest BCUT2D eigenvalue weighted by Crippen LogP contribution is -2.47. The van der Waals surface area contributed by atoms with Crippen LogP contribution in [0.2, 0.25) is 0 Å². The quantitative estimate of drug-likeness (QED) is 0.752. The Kier molecular flexibility index (Phi) is 5.09. The molecule has 0 saturated carbocycles. The molecule has 0 spiro atoms. The molecule has 28 heavy (non-hydrogen) atoms. The zero-order valence-corrected chi connectivity index (χ0v) is 15.1. The second-order valence-electron chi connectivity index (χ2n) is 6.37. The van der Waals surface area contributed by atoms with Crippen molar-refractivity contribution in [2.45, 2.75) is 0 Å². The second-order valence-corrected chi connectivity index (χ2v) is 6.37. The largest absolute Gasteiger partial charge is 0.353 e. The maximum absolute atomic E-state index is 13.7. The third kappa shape index (κ3) is 3.90. The summed E-state index contributed by atoms with van der Waals surface area (Å²) in [7, 11) is 0. The van der Waals surface area contributed by atoms with E-state index in [-0.39, 0.29) is 11.3 Å². The van der Waals surface area contributed by atoms with Crippen LogP contribution >= 0.6 is 0 Å². The third-order valence-electron chi connectivity index (χ3n) is 4.56. The van der Waals surface area contributed by atoms with E-state index in [1.807, 2.05) is 18.2 Å². The highest BCUT2D eigenvalue weighted by molar-refractivity contribution is 6.03. The van der Waals surface area contributed by atoms with Crippen molar-refractivity contribution >= 4 is 23.4 Å². The van der Waals surface area contributed by atoms with Crippen LogP contribution in [-0.2, 0) is 0 Å². The zero-order valence-electron chi connectivity index (χ0n) is 15.1. The summed E-state index contributed by atoms with van der Waals surface area (Å²) in [6.45, 7) is 3.15. The van der Waals surface area contributed by atoms with E-state index < -0.39 is 11.7 Å². The SMILES string of the molecule is O=C(Nc1ccccc1F)c1cnc(N2CCN(c3ccccn3)CC2)nc1. The van der Waals surface area contributed by atoms with Crippen LogP contribution in [0.5, 0.6) is 0 Å². The van der Waals surface area contributed by atoms with Gasteiger partial charge in [-0.25, -0.2) is 19.3 Å². The van der Waals surface area contributed by atoms with Crippen LogP contribution < -0.4 is 15.1 Å². The Hall–Kier alpha value is -3.55. The molecular weight excluding hydrogens is 359 g/mol. The molecular formula is C20H19FN6O. The number of anilines is 3. The predicted molar refractivity (Wildman–Crippen MR) is 105 cm³/mol. The fraction of sp³-hybridized carbons (Fsp3) is 0.200. The second kappa shape index (κ2) is 7.99. The molecule has 2 aromatic heterocycles. The first-order valence-corrected chi connectivity index (χ1v) is 8.99. The van der Waals surface area contributed by atoms with Crippen molar-refractivity contribution in [3.8, 4) is 0 Å². The Morgan fingerprint density at radius 3 is 2.25 bits per heavy atom. The Bertz CT molecular complexity index is 942. The van der Waals surface area contributed by atoms with Gasteiger partial charge in [-0.1, -0.05) is 18.2 Å². The number of pyridine rings is 1. The van der Waals surface area contributed by atoms with Gasteiger partial charge in [-0.15, -0.1) is 0 Å². The van der Waals surface area contributed by atoms with Crippen molar-refractivity contribution in [2.75, 3.05) is 41.3 Å². The van der Waals surface area contributed by atoms with E-state index in [0.717, 1.165) is 32.0 Å². The van der Waals surface area contributed by atoms with Crippen LogP contribution in [0.4, 0.5) is 21.8 Å². The van der Waals surface area contributed by atoms with Crippen LogP contribution in [0.25, 0.3) is 0 Å². The minimum absolute atomic E-state index is 0.127. The maximum atomic E-state index is 13.7. The summed E-state index contributed by atoms with van der Waals surface area (Å²) in [4.78, 5) is 29.6. The number of piperazine rings is 1. The summed E-state index contributed by atoms with van der Waals surface area (Å²) >= 11 is 0. The molecule has 3 aromatic rings. The number of aromatic nitrogens is 3. The van der Waals surface area contributed by atoms with Gasteiger partial charge in [0.15, 0.2) is 0 Å². The number of carbonyl (C=O) groups is 1. The van der Waals surface area contributed by atoms with E-state index in [4.69, 9.17) is 0 Å². The first-order valence-electron chi connectivity index (χ1n) is 8.99. The van der Waals surface area contributed by atoms with Gasteiger partial charge in [0.05, 0.1) is 11.3 Å². The standard InChI is InChI=1S/C20H19FN6O/c21-16-5-1-2-6-17(16)25-19(28)15-13-23-20(24-14-15)27-11-9-26(10-12-27)18-7-3-4-8-22-18/h1-8,13-14H,9-12H2,(H,25,28). The van der Waals surface area contributed by atoms with Gasteiger partial charge in [0.2, 0.25) is 5.95 Å². The molecule has 0 atom stereocenters. The highest BCUT2D eigenvalue weighted by Gasteiger charge is 2.20. The van der Waals surface area contributed by atoms with Crippen LogP contribution in [0.3, 0.4) is 0 Å². The minimum Gasteiger partial charge on any atom is -0.353 e. The van der Waals surface area contributed by atoms with Crippen molar-refractivity contribution in [1.29, 1.82) is 0 Å². The molecule has 8 heteroatoms. The Balaban J connectivity index is 1.37. The van der Waals surface area contributed by atoms with Crippen molar-refractivity contribution < 1.29 is 9.18 Å². The lowest BCUT2D eigenvalue weighted by atomic mass is 10.2. The smallest absolute Gasteiger partial charge is 0.258 e. The number of nitrogens with zero attached hydrogens (tertiary/aromatic N) is 5. The molecule has 1 aliphatic rings. The van der Waals surface area contributed by atoms with Gasteiger partial charge in [-0.2, -0.15) is 0 Å². The van der Waals surface area contributed by atoms with Gasteiger partial charge in [-0.3, -0.25) is 4.79 Å². The van der Waals surface area contributed by atoms with Crippen LogP contribution in [0, 0.1) is 5.82 Å². The van der Waals surface area contributed by atoms with Crippen LogP contribution in [0.15, 0.2) is 61.1 Å². The molecule has 4 rings (SSSR count). The topological polar surface area (TPSA) is 74.2 Å². The van der Waals surface area contributed by atoms with Crippen LogP contribution in [0.1, 0.15) is 10.4 Å². The molecule has 7 nitrogen and oxygen atoms in total. The molecule has 1 fully saturated rings. The molecule has 0 unspecified atom stereocenters. The molecule has 1 saturated heterocycles. The highest BCUT2D eigenvalue weighted by atomic mass is 19.1. The average molecular weight is 378 g/mol. The third-order valence-corrected chi connectivity index (χ3v) is 4.56. The van der Waals surface area contributed by atoms with E-state index in [1.165, 1.54) is 24.5 Å². The number of halogens is 1. The number of nitrogens with one attached hydrogen (secondary N) is 1. The Labute approximate surface area is 161 Å². The number of rotatable bonds is 4. The number of benzene rings is 1. The monoisotopic (exact) mass is 378 g/mol. The fourth-order valence-electron chi connectivity index (χ4n) is 3.04. The van der Waals surface area contributed by atoms with Gasteiger partial charge in [0.1, 0.15) is 11.6 Å². The summed E-state index contributed by atoms with van der Waals surface area (Å²) in [6, 6.07) is 11.9. The zero-order chi connectivity index (χ0) is 19.3. The van der Waals surface area contributed by atoms with Crippen LogP contribution in [-0.4, -0.2) is 47.0 Å². The average Bonchev–Trinajstić information content (AvgIpc) is 2.76. The summed E-state index contributed by atoms with van der Waals surface area (Å²) in [5.74, 6) is 0.599. The summed E-state index contributed by atoms with van der Waals surface area (Å²) in [5.41, 5.74) is 0.404. The van der Waals surface area contributed by atoms with Gasteiger partial charge in [-0.05, 0) is 24.3 Å². The molecule has 1 amide bonds. The summed E-state index contributed by atoms with van der Waals surface area (Å²) in [6.07, 6.45) is 4.71. The maximum Gasteiger partial charge on any atom is 0.258 e. The van der Waals surface area contributed by atoms with Crippen molar-refractivity contribution in [3.05, 3.63) is 72.4 Å². The number of hydrogen-bond acceptors (Lipinski definition) is 6. The molecule has 0 bridgehead atoms. The van der Waals surface area contributed by atoms with E-state index in [2.05, 4.69) is 30.1 Å². The molecule has 3 heterocycles. The lowest BCUT2D eigenvalue weighted by Gasteiger charge is -2.35. The molecule has 0 radical (unpaired) electrons. The molecule has 0 aliphatic carbocycles. The van der Waals surface area contributed by atoms with E-state index in [0.29, 0.717) is 5.95 Å². The Morgan fingerprint density at radius 2 is 1.57 bits per heavy atom. The summed E-state index contributed by atoms with van der Waals surface area (Å²) in [5, 5.41) is 2.53. The first-order chi connectivity index (χ1) is 13.7. The molecule has 1 aliphatic heterocycles. The number of hydrogen-bond donors (Lipinski definition) is 1. The van der Waals surface area contributed by atoms with E-state index >= 15 is 0 Å². The van der Waals surface area contributed by atoms with Crippen molar-refractivity contribution in [2.24, 2.45) is 0 Å². The number of amides is 1. The lowest BCUT2D eigenvalue weighted by molar-refractivity contribution is 0.102. The first kappa shape index (κ1) is 17.8. The van der Waals surface area contributed by atoms with Gasteiger partial charge in [0.25, 0.3) is 5.91 Å². The molecule has 1 aromatic carbocycles. The van der Waals surface area contributed by atoms with Gasteiger partial charge >= 0.3 is 0 Å². The minimum atomic E-state index is -0.487. The molecule has 142 valence electrons. The number of para-hydroxylation sites is 1. The van der Waals surface area contributed by atoms with Crippen molar-refractivity contribution in [1.82, 2.24) is 15.0 Å². The number of carbonyl (C=O) groups excluding carboxylic acids is 1. The Morgan fingerprint density at radius 1 is 0.893 bits per heavy atom. The van der Waals surface area contributed by atoms with E-state index in [9.17, 15) is 9.18 Å². The summed E-state index contributed by atoms with van der Waals surface area (Å²) < 4.78 is 13.7. The van der Waals surface area contributed by atoms with Crippen molar-refractivity contribution in [3.63, 3.8) is 0 Å². The van der Waals surface area contributed by atoms with Gasteiger partial charge in [0, 0.05) is 44.8 Å². The van der Waals surface area contributed by atoms with Gasteiger partial charge < -0.3 is 15.1 Å². The predicted octanol–water partition coefficient (Wildman–Crippen LogP) is 2.59. The molecule has 1 N–H and O–H groups in total. The van der Waals surface area contributed by atoms with E-state index in [1.54, 1.807) is 18.3 Å².